The third kappa shape index (κ3) is 1.59. The van der Waals surface area contributed by atoms with E-state index in [1.165, 1.54) is 15.9 Å². The van der Waals surface area contributed by atoms with E-state index in [4.69, 9.17) is 0 Å². The lowest BCUT2D eigenvalue weighted by Gasteiger charge is -2.08. The molecule has 0 spiro atoms. The predicted octanol–water partition coefficient (Wildman–Crippen LogP) is 0.597. The maximum atomic E-state index is 4.20. The summed E-state index contributed by atoms with van der Waals surface area (Å²) in [4.78, 5) is 1.50. The van der Waals surface area contributed by atoms with Gasteiger partial charge in [0.1, 0.15) is 0 Å². The van der Waals surface area contributed by atoms with Crippen molar-refractivity contribution in [2.75, 3.05) is 0 Å². The Morgan fingerprint density at radius 1 is 1.44 bits per heavy atom. The first-order chi connectivity index (χ1) is 7.83. The number of aryl methyl sites for hydroxylation is 1. The van der Waals surface area contributed by atoms with Crippen LogP contribution in [0.3, 0.4) is 0 Å². The van der Waals surface area contributed by atoms with E-state index >= 15 is 0 Å². The molecule has 0 amide bonds. The third-order valence-corrected chi connectivity index (χ3v) is 2.91. The molecule has 1 aliphatic rings. The van der Waals surface area contributed by atoms with Crippen molar-refractivity contribution in [3.8, 4) is 0 Å². The molecule has 2 aromatic rings. The summed E-state index contributed by atoms with van der Waals surface area (Å²) >= 11 is 0. The number of nitrogens with one attached hydrogen (secondary N) is 1. The van der Waals surface area contributed by atoms with E-state index in [9.17, 15) is 0 Å². The molecule has 5 heteroatoms. The number of benzene rings is 1. The van der Waals surface area contributed by atoms with Gasteiger partial charge in [-0.15, -0.1) is 10.2 Å². The second-order valence-electron chi connectivity index (χ2n) is 4.03. The number of hydrogen-bond acceptors (Lipinski definition) is 4. The fourth-order valence-electron chi connectivity index (χ4n) is 2.15. The molecule has 0 aliphatic carbocycles. The van der Waals surface area contributed by atoms with Crippen molar-refractivity contribution in [3.05, 3.63) is 41.2 Å². The molecular formula is C11H13N5. The Kier molecular flexibility index (Phi) is 2.18. The van der Waals surface area contributed by atoms with Crippen LogP contribution in [0.25, 0.3) is 0 Å². The Labute approximate surface area is 93.5 Å². The van der Waals surface area contributed by atoms with Crippen molar-refractivity contribution >= 4 is 0 Å². The fourth-order valence-corrected chi connectivity index (χ4v) is 2.15. The van der Waals surface area contributed by atoms with Gasteiger partial charge in [0.05, 0.1) is 7.05 Å². The summed E-state index contributed by atoms with van der Waals surface area (Å²) in [6, 6.07) is 8.79. The van der Waals surface area contributed by atoms with Crippen LogP contribution in [0.5, 0.6) is 0 Å². The first-order valence-electron chi connectivity index (χ1n) is 5.37. The number of fused-ring (bicyclic) bond motifs is 1. The second kappa shape index (κ2) is 3.68. The normalized spacial score (nSPS) is 18.7. The standard InChI is InChI=1S/C11H13N5/c1-16-14-11(13-15-16)6-10-9-5-3-2-4-8(9)7-12-10/h2-5,10,12H,6-7H2,1H3. The topological polar surface area (TPSA) is 55.6 Å². The first-order valence-corrected chi connectivity index (χ1v) is 5.37. The molecule has 0 fully saturated rings. The maximum Gasteiger partial charge on any atom is 0.176 e. The number of nitrogens with zero attached hydrogens (tertiary/aromatic N) is 4. The zero-order valence-electron chi connectivity index (χ0n) is 9.09. The van der Waals surface area contributed by atoms with Crippen LogP contribution in [0.15, 0.2) is 24.3 Å². The van der Waals surface area contributed by atoms with Crippen molar-refractivity contribution in [1.29, 1.82) is 0 Å². The average Bonchev–Trinajstić information content (AvgIpc) is 2.87. The molecule has 0 saturated carbocycles. The van der Waals surface area contributed by atoms with Crippen molar-refractivity contribution in [3.63, 3.8) is 0 Å². The summed E-state index contributed by atoms with van der Waals surface area (Å²) in [5, 5.41) is 15.5. The molecule has 1 unspecified atom stereocenters. The van der Waals surface area contributed by atoms with E-state index in [1.54, 1.807) is 7.05 Å². The lowest BCUT2D eigenvalue weighted by molar-refractivity contribution is 0.562. The van der Waals surface area contributed by atoms with E-state index in [2.05, 4.69) is 45.0 Å². The lowest BCUT2D eigenvalue weighted by Crippen LogP contribution is -2.15. The fraction of sp³-hybridized carbons (Fsp3) is 0.364. The highest BCUT2D eigenvalue weighted by Crippen LogP contribution is 2.26. The van der Waals surface area contributed by atoms with Crippen LogP contribution in [-0.2, 0) is 20.0 Å². The second-order valence-corrected chi connectivity index (χ2v) is 4.03. The van der Waals surface area contributed by atoms with Gasteiger partial charge in [0, 0.05) is 19.0 Å². The largest absolute Gasteiger partial charge is 0.305 e. The quantitative estimate of drug-likeness (QED) is 0.797. The molecule has 1 atom stereocenters. The smallest absolute Gasteiger partial charge is 0.176 e. The van der Waals surface area contributed by atoms with Crippen molar-refractivity contribution in [2.45, 2.75) is 19.0 Å². The lowest BCUT2D eigenvalue weighted by atomic mass is 10.0. The molecule has 3 rings (SSSR count). The van der Waals surface area contributed by atoms with Gasteiger partial charge in [-0.3, -0.25) is 0 Å². The number of tetrazole rings is 1. The van der Waals surface area contributed by atoms with Gasteiger partial charge < -0.3 is 5.32 Å². The molecule has 16 heavy (non-hydrogen) atoms. The Balaban J connectivity index is 1.83. The average molecular weight is 215 g/mol. The molecule has 82 valence electrons. The van der Waals surface area contributed by atoms with Crippen LogP contribution in [0.2, 0.25) is 0 Å². The van der Waals surface area contributed by atoms with Crippen LogP contribution >= 0.6 is 0 Å². The van der Waals surface area contributed by atoms with Crippen LogP contribution < -0.4 is 5.32 Å². The van der Waals surface area contributed by atoms with Gasteiger partial charge in [-0.1, -0.05) is 24.3 Å². The summed E-state index contributed by atoms with van der Waals surface area (Å²) in [6.45, 7) is 0.932. The Morgan fingerprint density at radius 3 is 3.12 bits per heavy atom. The minimum atomic E-state index is 0.320. The zero-order valence-corrected chi connectivity index (χ0v) is 9.09. The number of aromatic nitrogens is 4. The van der Waals surface area contributed by atoms with E-state index in [0.29, 0.717) is 6.04 Å². The minimum absolute atomic E-state index is 0.320. The Bertz CT molecular complexity index is 505. The van der Waals surface area contributed by atoms with Gasteiger partial charge >= 0.3 is 0 Å². The van der Waals surface area contributed by atoms with Gasteiger partial charge in [0.25, 0.3) is 0 Å². The van der Waals surface area contributed by atoms with Crippen molar-refractivity contribution in [1.82, 2.24) is 25.5 Å². The predicted molar refractivity (Wildman–Crippen MR) is 58.5 cm³/mol. The molecule has 1 aromatic heterocycles. The number of hydrogen-bond donors (Lipinski definition) is 1. The molecule has 0 radical (unpaired) electrons. The van der Waals surface area contributed by atoms with E-state index in [0.717, 1.165) is 18.8 Å². The van der Waals surface area contributed by atoms with Gasteiger partial charge in [0.2, 0.25) is 0 Å². The Morgan fingerprint density at radius 2 is 2.31 bits per heavy atom. The Hall–Kier alpha value is -1.75. The molecule has 0 saturated heterocycles. The van der Waals surface area contributed by atoms with E-state index in [-0.39, 0.29) is 0 Å². The summed E-state index contributed by atoms with van der Waals surface area (Å²) in [5.41, 5.74) is 2.73. The molecule has 5 nitrogen and oxygen atoms in total. The highest BCUT2D eigenvalue weighted by atomic mass is 15.6. The maximum absolute atomic E-state index is 4.20. The molecular weight excluding hydrogens is 202 g/mol. The molecule has 0 bridgehead atoms. The zero-order chi connectivity index (χ0) is 11.0. The van der Waals surface area contributed by atoms with Crippen molar-refractivity contribution < 1.29 is 0 Å². The van der Waals surface area contributed by atoms with Crippen LogP contribution in [0.4, 0.5) is 0 Å². The summed E-state index contributed by atoms with van der Waals surface area (Å²) in [5.74, 6) is 0.789. The molecule has 2 heterocycles. The SMILES string of the molecule is Cn1nnc(CC2NCc3ccccc32)n1. The van der Waals surface area contributed by atoms with Gasteiger partial charge in [-0.2, -0.15) is 4.80 Å². The van der Waals surface area contributed by atoms with Gasteiger partial charge in [0.15, 0.2) is 5.82 Å². The van der Waals surface area contributed by atoms with Crippen LogP contribution in [-0.4, -0.2) is 20.2 Å². The molecule has 1 aliphatic heterocycles. The molecule has 1 N–H and O–H groups in total. The van der Waals surface area contributed by atoms with E-state index < -0.39 is 0 Å². The van der Waals surface area contributed by atoms with Gasteiger partial charge in [-0.25, -0.2) is 0 Å². The monoisotopic (exact) mass is 215 g/mol. The highest BCUT2D eigenvalue weighted by Gasteiger charge is 2.22. The van der Waals surface area contributed by atoms with Crippen molar-refractivity contribution in [2.24, 2.45) is 7.05 Å². The minimum Gasteiger partial charge on any atom is -0.305 e. The first kappa shape index (κ1) is 9.47. The highest BCUT2D eigenvalue weighted by molar-refractivity contribution is 5.34. The van der Waals surface area contributed by atoms with Crippen LogP contribution in [0, 0.1) is 0 Å². The summed E-state index contributed by atoms with van der Waals surface area (Å²) in [7, 11) is 1.78. The number of rotatable bonds is 2. The summed E-state index contributed by atoms with van der Waals surface area (Å²) in [6.07, 6.45) is 0.796. The van der Waals surface area contributed by atoms with Gasteiger partial charge in [-0.05, 0) is 16.3 Å². The van der Waals surface area contributed by atoms with E-state index in [1.807, 2.05) is 0 Å². The molecule has 1 aromatic carbocycles. The third-order valence-electron chi connectivity index (χ3n) is 2.91. The van der Waals surface area contributed by atoms with Crippen LogP contribution in [0.1, 0.15) is 23.0 Å². The summed E-state index contributed by atoms with van der Waals surface area (Å²) < 4.78 is 0.